The minimum Gasteiger partial charge on any atom is -0.444 e. The zero-order chi connectivity index (χ0) is 29.5. The van der Waals surface area contributed by atoms with Gasteiger partial charge >= 0.3 is 6.09 Å². The average molecular weight is 560 g/mol. The lowest BCUT2D eigenvalue weighted by Gasteiger charge is -2.27. The average Bonchev–Trinajstić information content (AvgIpc) is 3.62. The maximum Gasteiger partial charge on any atom is 0.410 e. The standard InChI is InChI=1S/C36H37N3O3/c1-24-19-27-20-28(23-39(34(41)42-35(2,3)4)22-25-11-6-5-7-12-25)37-32(27)21-30(24)33(40)38-36(17-18-36)31-16-10-14-26-13-8-9-15-29(26)31/h5-16,19-21,37H,17-18,22-23H2,1-4H3,(H,38,40). The number of H-pyrrole nitrogens is 1. The van der Waals surface area contributed by atoms with Gasteiger partial charge in [-0.15, -0.1) is 0 Å². The normalized spacial score (nSPS) is 14.1. The molecule has 0 atom stereocenters. The fraction of sp³-hybridized carbons (Fsp3) is 0.278. The number of rotatable bonds is 7. The van der Waals surface area contributed by atoms with Crippen LogP contribution >= 0.6 is 0 Å². The Morgan fingerprint density at radius 3 is 2.33 bits per heavy atom. The molecule has 1 aliphatic carbocycles. The van der Waals surface area contributed by atoms with Crippen molar-refractivity contribution in [1.82, 2.24) is 15.2 Å². The molecular weight excluding hydrogens is 522 g/mol. The molecule has 1 aliphatic rings. The van der Waals surface area contributed by atoms with Gasteiger partial charge in [0.05, 0.1) is 12.1 Å². The van der Waals surface area contributed by atoms with Crippen LogP contribution in [0.15, 0.2) is 91.0 Å². The van der Waals surface area contributed by atoms with E-state index in [0.717, 1.165) is 40.6 Å². The Morgan fingerprint density at radius 2 is 1.60 bits per heavy atom. The largest absolute Gasteiger partial charge is 0.444 e. The first-order valence-electron chi connectivity index (χ1n) is 14.6. The molecule has 2 N–H and O–H groups in total. The molecule has 0 saturated heterocycles. The van der Waals surface area contributed by atoms with Crippen LogP contribution in [0.5, 0.6) is 0 Å². The number of benzene rings is 4. The van der Waals surface area contributed by atoms with Crippen LogP contribution in [0, 0.1) is 6.92 Å². The van der Waals surface area contributed by atoms with Crippen LogP contribution < -0.4 is 5.32 Å². The van der Waals surface area contributed by atoms with Gasteiger partial charge in [-0.05, 0) is 86.2 Å². The molecule has 0 bridgehead atoms. The highest BCUT2D eigenvalue weighted by Gasteiger charge is 2.46. The van der Waals surface area contributed by atoms with Crippen molar-refractivity contribution in [2.24, 2.45) is 0 Å². The Labute approximate surface area is 246 Å². The van der Waals surface area contributed by atoms with Crippen molar-refractivity contribution in [3.63, 3.8) is 0 Å². The fourth-order valence-electron chi connectivity index (χ4n) is 5.72. The van der Waals surface area contributed by atoms with E-state index in [1.165, 1.54) is 16.3 Å². The molecule has 5 aromatic rings. The minimum atomic E-state index is -0.600. The second-order valence-corrected chi connectivity index (χ2v) is 12.4. The summed E-state index contributed by atoms with van der Waals surface area (Å²) in [5, 5.41) is 6.74. The van der Waals surface area contributed by atoms with Crippen LogP contribution in [0.1, 0.15) is 66.4 Å². The van der Waals surface area contributed by atoms with Crippen molar-refractivity contribution in [2.45, 2.75) is 64.8 Å². The van der Waals surface area contributed by atoms with Gasteiger partial charge in [-0.1, -0.05) is 72.8 Å². The number of nitrogens with zero attached hydrogens (tertiary/aromatic N) is 1. The molecule has 214 valence electrons. The molecule has 0 unspecified atom stereocenters. The second kappa shape index (κ2) is 10.7. The van der Waals surface area contributed by atoms with Gasteiger partial charge in [0.1, 0.15) is 5.60 Å². The Hall–Kier alpha value is -4.58. The number of aromatic nitrogens is 1. The number of carbonyl (C=O) groups excluding carboxylic acids is 2. The van der Waals surface area contributed by atoms with E-state index >= 15 is 0 Å². The van der Waals surface area contributed by atoms with Crippen LogP contribution in [0.2, 0.25) is 0 Å². The van der Waals surface area contributed by atoms with Crippen LogP contribution in [0.4, 0.5) is 4.79 Å². The van der Waals surface area contributed by atoms with Crippen molar-refractivity contribution in [2.75, 3.05) is 0 Å². The molecule has 1 saturated carbocycles. The molecule has 1 heterocycles. The molecule has 6 nitrogen and oxygen atoms in total. The number of hydrogen-bond acceptors (Lipinski definition) is 3. The molecular formula is C36H37N3O3. The van der Waals surface area contributed by atoms with Gasteiger partial charge in [0.2, 0.25) is 0 Å². The van der Waals surface area contributed by atoms with Crippen molar-refractivity contribution < 1.29 is 14.3 Å². The number of ether oxygens (including phenoxy) is 1. The third-order valence-electron chi connectivity index (χ3n) is 7.90. The van der Waals surface area contributed by atoms with Crippen molar-refractivity contribution in [1.29, 1.82) is 0 Å². The summed E-state index contributed by atoms with van der Waals surface area (Å²) in [6.07, 6.45) is 1.47. The molecule has 1 fully saturated rings. The van der Waals surface area contributed by atoms with E-state index in [-0.39, 0.29) is 17.5 Å². The van der Waals surface area contributed by atoms with Gasteiger partial charge in [0.15, 0.2) is 0 Å². The first-order valence-corrected chi connectivity index (χ1v) is 14.6. The molecule has 6 heteroatoms. The van der Waals surface area contributed by atoms with E-state index in [0.29, 0.717) is 18.7 Å². The van der Waals surface area contributed by atoms with Crippen LogP contribution in [-0.2, 0) is 23.4 Å². The van der Waals surface area contributed by atoms with Gasteiger partial charge in [-0.25, -0.2) is 4.79 Å². The molecule has 4 aromatic carbocycles. The summed E-state index contributed by atoms with van der Waals surface area (Å²) in [7, 11) is 0. The number of carbonyl (C=O) groups is 2. The summed E-state index contributed by atoms with van der Waals surface area (Å²) in [5.41, 5.74) is 4.55. The number of nitrogens with one attached hydrogen (secondary N) is 2. The molecule has 0 radical (unpaired) electrons. The lowest BCUT2D eigenvalue weighted by atomic mass is 9.96. The lowest BCUT2D eigenvalue weighted by Crippen LogP contribution is -2.36. The monoisotopic (exact) mass is 559 g/mol. The highest BCUT2D eigenvalue weighted by molar-refractivity contribution is 6.01. The minimum absolute atomic E-state index is 0.0737. The molecule has 0 aliphatic heterocycles. The summed E-state index contributed by atoms with van der Waals surface area (Å²) in [4.78, 5) is 32.0. The third-order valence-corrected chi connectivity index (χ3v) is 7.90. The number of amides is 2. The number of hydrogen-bond donors (Lipinski definition) is 2. The Balaban J connectivity index is 1.25. The highest BCUT2D eigenvalue weighted by atomic mass is 16.6. The third kappa shape index (κ3) is 5.75. The summed E-state index contributed by atoms with van der Waals surface area (Å²) in [6.45, 7) is 8.36. The summed E-state index contributed by atoms with van der Waals surface area (Å²) in [6, 6.07) is 30.6. The fourth-order valence-corrected chi connectivity index (χ4v) is 5.72. The van der Waals surface area contributed by atoms with Crippen molar-refractivity contribution in [3.05, 3.63) is 119 Å². The van der Waals surface area contributed by atoms with Gasteiger partial charge in [-0.2, -0.15) is 0 Å². The number of aromatic amines is 1. The smallest absolute Gasteiger partial charge is 0.410 e. The van der Waals surface area contributed by atoms with Crippen molar-refractivity contribution in [3.8, 4) is 0 Å². The zero-order valence-corrected chi connectivity index (χ0v) is 24.7. The Morgan fingerprint density at radius 1 is 0.881 bits per heavy atom. The molecule has 2 amide bonds. The number of aryl methyl sites for hydroxylation is 1. The van der Waals surface area contributed by atoms with Gasteiger partial charge in [0, 0.05) is 28.7 Å². The molecule has 6 rings (SSSR count). The van der Waals surface area contributed by atoms with E-state index in [9.17, 15) is 9.59 Å². The van der Waals surface area contributed by atoms with E-state index in [2.05, 4.69) is 46.7 Å². The van der Waals surface area contributed by atoms with Crippen LogP contribution in [-0.4, -0.2) is 27.5 Å². The summed E-state index contributed by atoms with van der Waals surface area (Å²) < 4.78 is 5.72. The topological polar surface area (TPSA) is 74.4 Å². The van der Waals surface area contributed by atoms with Crippen molar-refractivity contribution >= 4 is 33.7 Å². The molecule has 1 aromatic heterocycles. The predicted octanol–water partition coefficient (Wildman–Crippen LogP) is 7.99. The summed E-state index contributed by atoms with van der Waals surface area (Å²) >= 11 is 0. The molecule has 0 spiro atoms. The Kier molecular flexibility index (Phi) is 7.01. The van der Waals surface area contributed by atoms with Gasteiger partial charge in [0.25, 0.3) is 5.91 Å². The van der Waals surface area contributed by atoms with E-state index in [1.807, 2.05) is 82.3 Å². The quantitative estimate of drug-likeness (QED) is 0.212. The van der Waals surface area contributed by atoms with E-state index in [1.54, 1.807) is 4.90 Å². The van der Waals surface area contributed by atoms with E-state index in [4.69, 9.17) is 4.74 Å². The SMILES string of the molecule is Cc1cc2cc(CN(Cc3ccccc3)C(=O)OC(C)(C)C)[nH]c2cc1C(=O)NC1(c2cccc3ccccc23)CC1. The highest BCUT2D eigenvalue weighted by Crippen LogP contribution is 2.48. The van der Waals surface area contributed by atoms with Crippen LogP contribution in [0.25, 0.3) is 21.7 Å². The summed E-state index contributed by atoms with van der Waals surface area (Å²) in [5.74, 6) is -0.0737. The van der Waals surface area contributed by atoms with E-state index < -0.39 is 5.60 Å². The Bertz CT molecular complexity index is 1770. The van der Waals surface area contributed by atoms with Gasteiger partial charge in [-0.3, -0.25) is 9.69 Å². The number of fused-ring (bicyclic) bond motifs is 2. The second-order valence-electron chi connectivity index (χ2n) is 12.4. The van der Waals surface area contributed by atoms with Gasteiger partial charge < -0.3 is 15.0 Å². The van der Waals surface area contributed by atoms with Crippen LogP contribution in [0.3, 0.4) is 0 Å². The molecule has 42 heavy (non-hydrogen) atoms. The lowest BCUT2D eigenvalue weighted by molar-refractivity contribution is 0.0214. The predicted molar refractivity (Wildman–Crippen MR) is 167 cm³/mol. The maximum atomic E-state index is 13.7. The maximum absolute atomic E-state index is 13.7. The zero-order valence-electron chi connectivity index (χ0n) is 24.7. The first-order chi connectivity index (χ1) is 20.1. The first kappa shape index (κ1) is 27.6.